The van der Waals surface area contributed by atoms with Crippen molar-refractivity contribution in [3.05, 3.63) is 52.9 Å². The topological polar surface area (TPSA) is 94.4 Å². The molecule has 32 heavy (non-hydrogen) atoms. The lowest BCUT2D eigenvalue weighted by Gasteiger charge is -2.21. The number of nitrogens with one attached hydrogen (secondary N) is 1. The van der Waals surface area contributed by atoms with Crippen molar-refractivity contribution in [1.82, 2.24) is 19.8 Å². The number of hydrogen-bond donors (Lipinski definition) is 1. The molecule has 0 spiro atoms. The fraction of sp³-hybridized carbons (Fsp3) is 0.391. The molecule has 9 heteroatoms. The van der Waals surface area contributed by atoms with Crippen molar-refractivity contribution in [1.29, 1.82) is 5.26 Å². The second-order valence-corrected chi connectivity index (χ2v) is 8.51. The highest BCUT2D eigenvalue weighted by Gasteiger charge is 2.22. The molecule has 0 unspecified atom stereocenters. The number of anilines is 1. The van der Waals surface area contributed by atoms with Crippen LogP contribution in [0.1, 0.15) is 24.1 Å². The Kier molecular flexibility index (Phi) is 6.88. The molecule has 0 saturated carbocycles. The Balaban J connectivity index is 1.35. The first-order valence-corrected chi connectivity index (χ1v) is 11.0. The third-order valence-corrected chi connectivity index (χ3v) is 5.82. The second-order valence-electron chi connectivity index (χ2n) is 8.11. The maximum atomic E-state index is 12.5. The van der Waals surface area contributed by atoms with Gasteiger partial charge in [0.05, 0.1) is 24.9 Å². The monoisotopic (exact) mass is 452 g/mol. The first-order chi connectivity index (χ1) is 15.5. The molecule has 1 atom stereocenters. The number of nitrogens with zero attached hydrogens (tertiary/aromatic N) is 5. The lowest BCUT2D eigenvalue weighted by molar-refractivity contribution is -0.115. The van der Waals surface area contributed by atoms with E-state index in [1.165, 1.54) is 6.20 Å². The maximum absolute atomic E-state index is 12.5. The summed E-state index contributed by atoms with van der Waals surface area (Å²) in [5.41, 5.74) is 2.65. The van der Waals surface area contributed by atoms with Crippen molar-refractivity contribution >= 4 is 28.9 Å². The first-order valence-electron chi connectivity index (χ1n) is 10.6. The average Bonchev–Trinajstić information content (AvgIpc) is 3.21. The predicted octanol–water partition coefficient (Wildman–Crippen LogP) is 2.96. The van der Waals surface area contributed by atoms with Gasteiger partial charge in [0.1, 0.15) is 22.7 Å². The molecule has 1 N–H and O–H groups in total. The molecule has 1 saturated heterocycles. The van der Waals surface area contributed by atoms with E-state index in [1.54, 1.807) is 17.2 Å². The molecule has 4 heterocycles. The molecule has 2 aliphatic heterocycles. The quantitative estimate of drug-likeness (QED) is 0.673. The van der Waals surface area contributed by atoms with Crippen molar-refractivity contribution in [3.63, 3.8) is 0 Å². The van der Waals surface area contributed by atoms with Crippen molar-refractivity contribution in [2.24, 2.45) is 0 Å². The molecular formula is C23H25ClN6O2. The van der Waals surface area contributed by atoms with Crippen LogP contribution < -0.4 is 10.1 Å². The summed E-state index contributed by atoms with van der Waals surface area (Å²) in [5, 5.41) is 12.3. The summed E-state index contributed by atoms with van der Waals surface area (Å²) in [5.74, 6) is 0.721. The minimum Gasteiger partial charge on any atom is -0.487 e. The van der Waals surface area contributed by atoms with Crippen LogP contribution in [-0.2, 0) is 11.2 Å². The van der Waals surface area contributed by atoms with Crippen LogP contribution in [0.4, 0.5) is 5.82 Å². The highest BCUT2D eigenvalue weighted by Crippen LogP contribution is 2.28. The highest BCUT2D eigenvalue weighted by molar-refractivity contribution is 6.32. The van der Waals surface area contributed by atoms with E-state index in [4.69, 9.17) is 21.6 Å². The van der Waals surface area contributed by atoms with E-state index < -0.39 is 0 Å². The normalized spacial score (nSPS) is 18.7. The van der Waals surface area contributed by atoms with Crippen LogP contribution >= 0.6 is 11.6 Å². The fourth-order valence-corrected chi connectivity index (χ4v) is 4.00. The molecular weight excluding hydrogens is 428 g/mol. The Morgan fingerprint density at radius 1 is 1.34 bits per heavy atom. The Morgan fingerprint density at radius 3 is 2.94 bits per heavy atom. The Bertz CT molecular complexity index is 1050. The molecule has 1 amide bonds. The molecule has 0 aliphatic carbocycles. The number of nitriles is 1. The van der Waals surface area contributed by atoms with Crippen LogP contribution in [0.15, 0.2) is 36.7 Å². The summed E-state index contributed by atoms with van der Waals surface area (Å²) in [4.78, 5) is 25.1. The first kappa shape index (κ1) is 22.1. The Labute approximate surface area is 192 Å². The van der Waals surface area contributed by atoms with E-state index in [0.717, 1.165) is 49.3 Å². The molecule has 0 aromatic carbocycles. The van der Waals surface area contributed by atoms with Gasteiger partial charge in [0.25, 0.3) is 0 Å². The van der Waals surface area contributed by atoms with Crippen LogP contribution in [0, 0.1) is 11.5 Å². The van der Waals surface area contributed by atoms with Gasteiger partial charge in [-0.2, -0.15) is 5.26 Å². The van der Waals surface area contributed by atoms with Gasteiger partial charge < -0.3 is 19.9 Å². The van der Waals surface area contributed by atoms with E-state index in [-0.39, 0.29) is 18.4 Å². The number of ether oxygens (including phenoxy) is 1. The number of likely N-dealkylation sites (tertiary alicyclic amines) is 1. The number of aromatic nitrogens is 2. The second kappa shape index (κ2) is 9.98. The van der Waals surface area contributed by atoms with Gasteiger partial charge in [0.2, 0.25) is 5.91 Å². The van der Waals surface area contributed by atoms with Crippen LogP contribution in [-0.4, -0.2) is 65.0 Å². The fourth-order valence-electron chi connectivity index (χ4n) is 3.86. The third kappa shape index (κ3) is 5.55. The zero-order chi connectivity index (χ0) is 22.5. The molecule has 2 aliphatic rings. The summed E-state index contributed by atoms with van der Waals surface area (Å²) in [6, 6.07) is 5.44. The van der Waals surface area contributed by atoms with Gasteiger partial charge in [-0.25, -0.2) is 4.98 Å². The number of carbonyl (C=O) groups excluding carboxylic acids is 1. The molecule has 1 fully saturated rings. The Hall–Kier alpha value is -3.15. The molecule has 166 valence electrons. The zero-order valence-corrected chi connectivity index (χ0v) is 18.7. The van der Waals surface area contributed by atoms with Crippen LogP contribution in [0.3, 0.4) is 0 Å². The van der Waals surface area contributed by atoms with E-state index in [9.17, 15) is 4.79 Å². The van der Waals surface area contributed by atoms with Crippen molar-refractivity contribution in [2.75, 3.05) is 38.5 Å². The van der Waals surface area contributed by atoms with Crippen molar-refractivity contribution < 1.29 is 9.53 Å². The number of carbonyl (C=O) groups is 1. The number of rotatable bonds is 6. The minimum absolute atomic E-state index is 0.0764. The van der Waals surface area contributed by atoms with Crippen molar-refractivity contribution in [3.8, 4) is 11.9 Å². The third-order valence-electron chi connectivity index (χ3n) is 5.54. The summed E-state index contributed by atoms with van der Waals surface area (Å²) in [6.07, 6.45) is 9.48. The van der Waals surface area contributed by atoms with Crippen molar-refractivity contribution in [2.45, 2.75) is 25.4 Å². The van der Waals surface area contributed by atoms with Crippen LogP contribution in [0.5, 0.6) is 5.75 Å². The SMILES string of the molecule is CN1CC[C@@H](Oc2cc(NC(=O)Cc3ccc(C4=CCCN(C#N)C4)nc3)ncc2Cl)C1. The number of pyridine rings is 2. The van der Waals surface area contributed by atoms with Gasteiger partial charge in [0.15, 0.2) is 6.19 Å². The van der Waals surface area contributed by atoms with E-state index in [1.807, 2.05) is 12.1 Å². The van der Waals surface area contributed by atoms with Gasteiger partial charge in [0, 0.05) is 31.9 Å². The minimum atomic E-state index is -0.201. The zero-order valence-electron chi connectivity index (χ0n) is 17.9. The van der Waals surface area contributed by atoms with Crippen LogP contribution in [0.25, 0.3) is 5.57 Å². The van der Waals surface area contributed by atoms with E-state index in [0.29, 0.717) is 23.1 Å². The van der Waals surface area contributed by atoms with Gasteiger partial charge in [-0.3, -0.25) is 9.78 Å². The molecule has 0 bridgehead atoms. The summed E-state index contributed by atoms with van der Waals surface area (Å²) in [6.45, 7) is 3.13. The average molecular weight is 453 g/mol. The largest absolute Gasteiger partial charge is 0.487 e. The van der Waals surface area contributed by atoms with E-state index >= 15 is 0 Å². The molecule has 2 aromatic rings. The summed E-state index contributed by atoms with van der Waals surface area (Å²) >= 11 is 6.23. The van der Waals surface area contributed by atoms with Gasteiger partial charge >= 0.3 is 0 Å². The number of likely N-dealkylation sites (N-methyl/N-ethyl adjacent to an activating group) is 1. The number of amides is 1. The lowest BCUT2D eigenvalue weighted by Crippen LogP contribution is -2.24. The molecule has 8 nitrogen and oxygen atoms in total. The van der Waals surface area contributed by atoms with Crippen LogP contribution in [0.2, 0.25) is 5.02 Å². The number of halogens is 1. The van der Waals surface area contributed by atoms with E-state index in [2.05, 4.69) is 39.5 Å². The molecule has 2 aromatic heterocycles. The molecule has 4 rings (SSSR count). The van der Waals surface area contributed by atoms with Gasteiger partial charge in [-0.05, 0) is 37.1 Å². The maximum Gasteiger partial charge on any atom is 0.230 e. The smallest absolute Gasteiger partial charge is 0.230 e. The molecule has 0 radical (unpaired) electrons. The highest BCUT2D eigenvalue weighted by atomic mass is 35.5. The van der Waals surface area contributed by atoms with Gasteiger partial charge in [-0.15, -0.1) is 0 Å². The summed E-state index contributed by atoms with van der Waals surface area (Å²) in [7, 11) is 2.05. The standard InChI is InChI=1S/C23H25ClN6O2/c1-29-8-6-18(14-29)32-21-10-22(27-12-19(21)24)28-23(31)9-16-4-5-20(26-11-16)17-3-2-7-30(13-17)15-25/h3-5,10-12,18H,2,6-9,13-14H2,1H3,(H,27,28,31)/t18-/m1/s1. The predicted molar refractivity (Wildman–Crippen MR) is 122 cm³/mol. The van der Waals surface area contributed by atoms with Gasteiger partial charge in [-0.1, -0.05) is 23.7 Å². The summed E-state index contributed by atoms with van der Waals surface area (Å²) < 4.78 is 6.00. The Morgan fingerprint density at radius 2 is 2.22 bits per heavy atom. The number of hydrogen-bond acceptors (Lipinski definition) is 7. The lowest BCUT2D eigenvalue weighted by atomic mass is 10.1.